The van der Waals surface area contributed by atoms with Crippen LogP contribution in [0.4, 0.5) is 16.2 Å². The molecule has 7 heteroatoms. The van der Waals surface area contributed by atoms with Gasteiger partial charge in [-0.15, -0.1) is 0 Å². The average Bonchev–Trinajstić information content (AvgIpc) is 2.71. The molecule has 3 rings (SSSR count). The van der Waals surface area contributed by atoms with Gasteiger partial charge in [-0.1, -0.05) is 17.7 Å². The van der Waals surface area contributed by atoms with Crippen LogP contribution < -0.4 is 19.7 Å². The minimum absolute atomic E-state index is 0.110. The number of urea groups is 1. The van der Waals surface area contributed by atoms with E-state index in [1.165, 1.54) is 0 Å². The first kappa shape index (κ1) is 19.2. The Kier molecular flexibility index (Phi) is 5.96. The van der Waals surface area contributed by atoms with Gasteiger partial charge in [-0.3, -0.25) is 0 Å². The molecule has 1 fully saturated rings. The van der Waals surface area contributed by atoms with E-state index < -0.39 is 0 Å². The number of benzene rings is 2. The standard InChI is InChI=1S/C20H24ClN3O3/c1-14-16(21)5-4-6-17(14)22-20(25)24-11-9-23(10-12-24)18-8-7-15(26-2)13-19(18)27-3/h4-8,13H,9-12H2,1-3H3,(H,22,25). The molecule has 2 aromatic carbocycles. The number of rotatable bonds is 4. The highest BCUT2D eigenvalue weighted by atomic mass is 35.5. The number of ether oxygens (including phenoxy) is 2. The highest BCUT2D eigenvalue weighted by Gasteiger charge is 2.23. The number of nitrogens with one attached hydrogen (secondary N) is 1. The lowest BCUT2D eigenvalue weighted by molar-refractivity contribution is 0.208. The molecule has 0 atom stereocenters. The van der Waals surface area contributed by atoms with Gasteiger partial charge in [0.05, 0.1) is 19.9 Å². The summed E-state index contributed by atoms with van der Waals surface area (Å²) < 4.78 is 10.7. The van der Waals surface area contributed by atoms with Crippen molar-refractivity contribution >= 4 is 29.0 Å². The van der Waals surface area contributed by atoms with Crippen molar-refractivity contribution in [1.29, 1.82) is 0 Å². The van der Waals surface area contributed by atoms with Crippen LogP contribution in [0.25, 0.3) is 0 Å². The maximum absolute atomic E-state index is 12.6. The molecule has 2 amide bonds. The molecule has 0 aromatic heterocycles. The number of amides is 2. The lowest BCUT2D eigenvalue weighted by Crippen LogP contribution is -2.50. The van der Waals surface area contributed by atoms with Crippen molar-refractivity contribution in [2.75, 3.05) is 50.6 Å². The molecule has 0 saturated carbocycles. The van der Waals surface area contributed by atoms with E-state index in [9.17, 15) is 4.79 Å². The molecule has 0 spiro atoms. The fourth-order valence-electron chi connectivity index (χ4n) is 3.13. The van der Waals surface area contributed by atoms with Crippen LogP contribution in [0.1, 0.15) is 5.56 Å². The average molecular weight is 390 g/mol. The summed E-state index contributed by atoms with van der Waals surface area (Å²) in [5, 5.41) is 3.60. The van der Waals surface area contributed by atoms with Crippen LogP contribution in [0, 0.1) is 6.92 Å². The van der Waals surface area contributed by atoms with Crippen molar-refractivity contribution in [2.24, 2.45) is 0 Å². The Bertz CT molecular complexity index is 820. The third-order valence-corrected chi connectivity index (χ3v) is 5.21. The van der Waals surface area contributed by atoms with E-state index in [1.807, 2.05) is 48.2 Å². The number of halogens is 1. The van der Waals surface area contributed by atoms with Gasteiger partial charge in [-0.2, -0.15) is 0 Å². The summed E-state index contributed by atoms with van der Waals surface area (Å²) in [5.74, 6) is 1.52. The van der Waals surface area contributed by atoms with Crippen molar-refractivity contribution in [2.45, 2.75) is 6.92 Å². The van der Waals surface area contributed by atoms with Gasteiger partial charge >= 0.3 is 6.03 Å². The Morgan fingerprint density at radius 2 is 1.81 bits per heavy atom. The molecule has 0 aliphatic carbocycles. The molecule has 1 aliphatic heterocycles. The second-order valence-corrected chi connectivity index (χ2v) is 6.76. The predicted molar refractivity (Wildman–Crippen MR) is 109 cm³/mol. The molecule has 2 aromatic rings. The fraction of sp³-hybridized carbons (Fsp3) is 0.350. The molecule has 0 unspecified atom stereocenters. The number of hydrogen-bond acceptors (Lipinski definition) is 4. The molecule has 0 radical (unpaired) electrons. The quantitative estimate of drug-likeness (QED) is 0.858. The Hall–Kier alpha value is -2.60. The molecule has 27 heavy (non-hydrogen) atoms. The number of hydrogen-bond donors (Lipinski definition) is 1. The molecular formula is C20H24ClN3O3. The second-order valence-electron chi connectivity index (χ2n) is 6.35. The van der Waals surface area contributed by atoms with Crippen LogP contribution in [0.3, 0.4) is 0 Å². The van der Waals surface area contributed by atoms with Gasteiger partial charge in [0.2, 0.25) is 0 Å². The van der Waals surface area contributed by atoms with E-state index in [2.05, 4.69) is 10.2 Å². The van der Waals surface area contributed by atoms with Crippen LogP contribution in [0.5, 0.6) is 11.5 Å². The van der Waals surface area contributed by atoms with Crippen molar-refractivity contribution in [3.8, 4) is 11.5 Å². The highest BCUT2D eigenvalue weighted by Crippen LogP contribution is 2.33. The van der Waals surface area contributed by atoms with Gasteiger partial charge in [0, 0.05) is 43.0 Å². The van der Waals surface area contributed by atoms with Crippen LogP contribution in [0.15, 0.2) is 36.4 Å². The third kappa shape index (κ3) is 4.22. The highest BCUT2D eigenvalue weighted by molar-refractivity contribution is 6.31. The minimum atomic E-state index is -0.110. The van der Waals surface area contributed by atoms with Gasteiger partial charge < -0.3 is 24.6 Å². The zero-order valence-electron chi connectivity index (χ0n) is 15.8. The molecular weight excluding hydrogens is 366 g/mol. The Labute approximate surface area is 164 Å². The van der Waals surface area contributed by atoms with Crippen molar-refractivity contribution in [1.82, 2.24) is 4.90 Å². The van der Waals surface area contributed by atoms with Gasteiger partial charge in [0.1, 0.15) is 11.5 Å². The van der Waals surface area contributed by atoms with E-state index in [0.717, 1.165) is 41.5 Å². The van der Waals surface area contributed by atoms with Crippen LogP contribution >= 0.6 is 11.6 Å². The first-order chi connectivity index (χ1) is 13.0. The minimum Gasteiger partial charge on any atom is -0.497 e. The van der Waals surface area contributed by atoms with Crippen LogP contribution in [-0.4, -0.2) is 51.3 Å². The SMILES string of the molecule is COc1ccc(N2CCN(C(=O)Nc3cccc(Cl)c3C)CC2)c(OC)c1. The normalized spacial score (nSPS) is 14.1. The zero-order valence-corrected chi connectivity index (χ0v) is 16.5. The lowest BCUT2D eigenvalue weighted by atomic mass is 10.2. The molecule has 1 heterocycles. The molecule has 1 aliphatic rings. The van der Waals surface area contributed by atoms with Crippen molar-refractivity contribution in [3.63, 3.8) is 0 Å². The van der Waals surface area contributed by atoms with Gasteiger partial charge in [0.25, 0.3) is 0 Å². The molecule has 144 valence electrons. The summed E-state index contributed by atoms with van der Waals surface area (Å²) >= 11 is 6.13. The lowest BCUT2D eigenvalue weighted by Gasteiger charge is -2.36. The van der Waals surface area contributed by atoms with Crippen molar-refractivity contribution in [3.05, 3.63) is 47.0 Å². The maximum Gasteiger partial charge on any atom is 0.321 e. The van der Waals surface area contributed by atoms with Gasteiger partial charge in [-0.05, 0) is 36.8 Å². The number of methoxy groups -OCH3 is 2. The topological polar surface area (TPSA) is 54.0 Å². The second kappa shape index (κ2) is 8.39. The van der Waals surface area contributed by atoms with Crippen LogP contribution in [-0.2, 0) is 0 Å². The van der Waals surface area contributed by atoms with E-state index in [0.29, 0.717) is 18.1 Å². The van der Waals surface area contributed by atoms with Gasteiger partial charge in [0.15, 0.2) is 0 Å². The first-order valence-electron chi connectivity index (χ1n) is 8.81. The fourth-order valence-corrected chi connectivity index (χ4v) is 3.31. The molecule has 1 saturated heterocycles. The third-order valence-electron chi connectivity index (χ3n) is 4.80. The van der Waals surface area contributed by atoms with E-state index >= 15 is 0 Å². The zero-order chi connectivity index (χ0) is 19.4. The summed E-state index contributed by atoms with van der Waals surface area (Å²) in [6, 6.07) is 11.2. The summed E-state index contributed by atoms with van der Waals surface area (Å²) in [5.41, 5.74) is 2.62. The Morgan fingerprint density at radius 1 is 1.07 bits per heavy atom. The summed E-state index contributed by atoms with van der Waals surface area (Å²) in [4.78, 5) is 16.6. The van der Waals surface area contributed by atoms with E-state index in [-0.39, 0.29) is 6.03 Å². The number of piperazine rings is 1. The molecule has 1 N–H and O–H groups in total. The molecule has 6 nitrogen and oxygen atoms in total. The van der Waals surface area contributed by atoms with E-state index in [4.69, 9.17) is 21.1 Å². The largest absolute Gasteiger partial charge is 0.497 e. The number of anilines is 2. The van der Waals surface area contributed by atoms with Crippen LogP contribution in [0.2, 0.25) is 5.02 Å². The van der Waals surface area contributed by atoms with E-state index in [1.54, 1.807) is 14.2 Å². The summed E-state index contributed by atoms with van der Waals surface area (Å²) in [6.07, 6.45) is 0. The maximum atomic E-state index is 12.6. The Morgan fingerprint density at radius 3 is 2.48 bits per heavy atom. The number of nitrogens with zero attached hydrogens (tertiary/aromatic N) is 2. The summed E-state index contributed by atoms with van der Waals surface area (Å²) in [7, 11) is 3.28. The predicted octanol–water partition coefficient (Wildman–Crippen LogP) is 4.02. The smallest absolute Gasteiger partial charge is 0.321 e. The summed E-state index contributed by atoms with van der Waals surface area (Å²) in [6.45, 7) is 4.60. The Balaban J connectivity index is 1.63. The first-order valence-corrected chi connectivity index (χ1v) is 9.19. The molecule has 0 bridgehead atoms. The van der Waals surface area contributed by atoms with Gasteiger partial charge in [-0.25, -0.2) is 4.79 Å². The monoisotopic (exact) mass is 389 g/mol. The number of carbonyl (C=O) groups excluding carboxylic acids is 1. The van der Waals surface area contributed by atoms with Crippen molar-refractivity contribution < 1.29 is 14.3 Å². The number of carbonyl (C=O) groups is 1.